The maximum absolute atomic E-state index is 12.6. The highest BCUT2D eigenvalue weighted by Crippen LogP contribution is 2.37. The van der Waals surface area contributed by atoms with Crippen molar-refractivity contribution in [2.75, 3.05) is 6.54 Å². The number of hydrogen-bond acceptors (Lipinski definition) is 4. The van der Waals surface area contributed by atoms with E-state index in [0.29, 0.717) is 0 Å². The van der Waals surface area contributed by atoms with Crippen molar-refractivity contribution < 1.29 is 44.3 Å². The fourth-order valence-corrected chi connectivity index (χ4v) is 5.27. The van der Waals surface area contributed by atoms with Gasteiger partial charge in [-0.25, -0.2) is 8.42 Å². The van der Waals surface area contributed by atoms with E-state index in [0.717, 1.165) is 42.5 Å². The summed E-state index contributed by atoms with van der Waals surface area (Å²) in [6, 6.07) is 7.79. The van der Waals surface area contributed by atoms with E-state index in [4.69, 9.17) is 0 Å². The lowest BCUT2D eigenvalue weighted by molar-refractivity contribution is -0.274. The molecule has 1 N–H and O–H groups in total. The van der Waals surface area contributed by atoms with Crippen LogP contribution in [-0.4, -0.2) is 32.5 Å². The van der Waals surface area contributed by atoms with Crippen molar-refractivity contribution in [1.82, 2.24) is 5.32 Å². The summed E-state index contributed by atoms with van der Waals surface area (Å²) in [6.07, 6.45) is -9.10. The van der Waals surface area contributed by atoms with Gasteiger partial charge in [0.15, 0.2) is 9.84 Å². The molecule has 2 aromatic rings. The predicted octanol–water partition coefficient (Wildman–Crippen LogP) is 4.59. The highest BCUT2D eigenvalue weighted by molar-refractivity contribution is 7.92. The topological polar surface area (TPSA) is 72.5 Å². The van der Waals surface area contributed by atoms with Gasteiger partial charge in [0.25, 0.3) is 5.91 Å². The van der Waals surface area contributed by atoms with Crippen LogP contribution in [0, 0.1) is 5.92 Å². The standard InChI is InChI=1S/C20H17F6NO4S/c21-19(22,23)14-6-4-13(5-7-14)18(28)27-11-12-8-17(9-12)32(29,30)16-3-1-2-15(10-16)31-20(24,25)26/h1-7,10,12,17H,8-9,11H2,(H,27,28)/t12-,17-. The maximum Gasteiger partial charge on any atom is 0.573 e. The minimum Gasteiger partial charge on any atom is -0.406 e. The summed E-state index contributed by atoms with van der Waals surface area (Å²) in [4.78, 5) is 11.8. The van der Waals surface area contributed by atoms with E-state index in [-0.39, 0.29) is 35.8 Å². The van der Waals surface area contributed by atoms with Crippen LogP contribution in [0.3, 0.4) is 0 Å². The molecule has 2 aromatic carbocycles. The summed E-state index contributed by atoms with van der Waals surface area (Å²) >= 11 is 0. The number of carbonyl (C=O) groups excluding carboxylic acids is 1. The molecular formula is C20H17F6NO4S. The van der Waals surface area contributed by atoms with Gasteiger partial charge in [0.1, 0.15) is 5.75 Å². The lowest BCUT2D eigenvalue weighted by Gasteiger charge is -2.35. The van der Waals surface area contributed by atoms with Gasteiger partial charge < -0.3 is 10.1 Å². The molecule has 0 saturated heterocycles. The molecule has 1 fully saturated rings. The predicted molar refractivity (Wildman–Crippen MR) is 101 cm³/mol. The smallest absolute Gasteiger partial charge is 0.406 e. The highest BCUT2D eigenvalue weighted by Gasteiger charge is 2.40. The second-order valence-corrected chi connectivity index (χ2v) is 9.54. The van der Waals surface area contributed by atoms with Crippen LogP contribution in [-0.2, 0) is 16.0 Å². The van der Waals surface area contributed by atoms with Crippen LogP contribution in [0.2, 0.25) is 0 Å². The molecule has 5 nitrogen and oxygen atoms in total. The number of carbonyl (C=O) groups is 1. The number of sulfone groups is 1. The van der Waals surface area contributed by atoms with Gasteiger partial charge in [-0.2, -0.15) is 13.2 Å². The zero-order valence-electron chi connectivity index (χ0n) is 16.2. The Morgan fingerprint density at radius 2 is 1.62 bits per heavy atom. The van der Waals surface area contributed by atoms with Crippen molar-refractivity contribution in [3.63, 3.8) is 0 Å². The number of amides is 1. The molecule has 32 heavy (non-hydrogen) atoms. The van der Waals surface area contributed by atoms with E-state index in [2.05, 4.69) is 10.1 Å². The summed E-state index contributed by atoms with van der Waals surface area (Å²) < 4.78 is 104. The summed E-state index contributed by atoms with van der Waals surface area (Å²) in [6.45, 7) is 0.114. The molecule has 1 amide bonds. The van der Waals surface area contributed by atoms with Gasteiger partial charge in [-0.1, -0.05) is 6.07 Å². The number of benzene rings is 2. The number of alkyl halides is 6. The molecule has 0 radical (unpaired) electrons. The lowest BCUT2D eigenvalue weighted by atomic mass is 9.84. The minimum absolute atomic E-state index is 0.0305. The number of hydrogen-bond donors (Lipinski definition) is 1. The SMILES string of the molecule is O=C(NC[C@H]1C[C@H](S(=O)(=O)c2cccc(OC(F)(F)F)c2)C1)c1ccc(C(F)(F)F)cc1. The van der Waals surface area contributed by atoms with Crippen LogP contribution < -0.4 is 10.1 Å². The third kappa shape index (κ3) is 5.72. The van der Waals surface area contributed by atoms with Gasteiger partial charge in [0.2, 0.25) is 0 Å². The van der Waals surface area contributed by atoms with Crippen LogP contribution in [0.25, 0.3) is 0 Å². The molecule has 0 bridgehead atoms. The first-order valence-corrected chi connectivity index (χ1v) is 10.9. The normalized spacial score (nSPS) is 19.2. The Balaban J connectivity index is 1.53. The summed E-state index contributed by atoms with van der Waals surface area (Å²) in [5, 5.41) is 1.72. The van der Waals surface area contributed by atoms with Crippen molar-refractivity contribution in [3.8, 4) is 5.75 Å². The van der Waals surface area contributed by atoms with Gasteiger partial charge in [-0.05, 0) is 61.2 Å². The first kappa shape index (κ1) is 23.9. The zero-order valence-corrected chi connectivity index (χ0v) is 17.0. The first-order valence-electron chi connectivity index (χ1n) is 9.31. The Bertz CT molecular complexity index is 1070. The van der Waals surface area contributed by atoms with E-state index in [1.54, 1.807) is 0 Å². The molecule has 0 spiro atoms. The van der Waals surface area contributed by atoms with Crippen LogP contribution in [0.4, 0.5) is 26.3 Å². The molecule has 3 rings (SSSR count). The van der Waals surface area contributed by atoms with Crippen molar-refractivity contribution in [3.05, 3.63) is 59.7 Å². The monoisotopic (exact) mass is 481 g/mol. The Morgan fingerprint density at radius 1 is 1.00 bits per heavy atom. The van der Waals surface area contributed by atoms with Crippen LogP contribution >= 0.6 is 0 Å². The Morgan fingerprint density at radius 3 is 2.19 bits per heavy atom. The van der Waals surface area contributed by atoms with Crippen LogP contribution in [0.5, 0.6) is 5.75 Å². The largest absolute Gasteiger partial charge is 0.573 e. The van der Waals surface area contributed by atoms with Gasteiger partial charge in [0, 0.05) is 12.1 Å². The van der Waals surface area contributed by atoms with E-state index in [9.17, 15) is 39.6 Å². The fraction of sp³-hybridized carbons (Fsp3) is 0.350. The zero-order chi connectivity index (χ0) is 23.7. The van der Waals surface area contributed by atoms with Crippen LogP contribution in [0.15, 0.2) is 53.4 Å². The molecule has 1 saturated carbocycles. The molecule has 12 heteroatoms. The average Bonchev–Trinajstić information content (AvgIpc) is 2.64. The molecule has 0 atom stereocenters. The number of ether oxygens (including phenoxy) is 1. The van der Waals surface area contributed by atoms with Gasteiger partial charge in [-0.3, -0.25) is 4.79 Å². The van der Waals surface area contributed by atoms with Crippen molar-refractivity contribution >= 4 is 15.7 Å². The van der Waals surface area contributed by atoms with Gasteiger partial charge in [0.05, 0.1) is 15.7 Å². The molecule has 174 valence electrons. The van der Waals surface area contributed by atoms with E-state index in [1.807, 2.05) is 0 Å². The fourth-order valence-electron chi connectivity index (χ4n) is 3.29. The second-order valence-electron chi connectivity index (χ2n) is 7.31. The van der Waals surface area contributed by atoms with Crippen molar-refractivity contribution in [2.24, 2.45) is 5.92 Å². The summed E-state index contributed by atoms with van der Waals surface area (Å²) in [5.74, 6) is -1.43. The van der Waals surface area contributed by atoms with E-state index < -0.39 is 44.8 Å². The third-order valence-electron chi connectivity index (χ3n) is 5.02. The quantitative estimate of drug-likeness (QED) is 0.613. The molecular weight excluding hydrogens is 464 g/mol. The van der Waals surface area contributed by atoms with E-state index in [1.165, 1.54) is 6.07 Å². The summed E-state index contributed by atoms with van der Waals surface area (Å²) in [5.41, 5.74) is -0.853. The lowest BCUT2D eigenvalue weighted by Crippen LogP contribution is -2.42. The minimum atomic E-state index is -4.95. The Kier molecular flexibility index (Phi) is 6.45. The maximum atomic E-state index is 12.6. The summed E-state index contributed by atoms with van der Waals surface area (Å²) in [7, 11) is -3.89. The molecule has 0 aromatic heterocycles. The molecule has 0 heterocycles. The highest BCUT2D eigenvalue weighted by atomic mass is 32.2. The second kappa shape index (κ2) is 8.64. The molecule has 1 aliphatic carbocycles. The van der Waals surface area contributed by atoms with Gasteiger partial charge >= 0.3 is 12.5 Å². The number of rotatable bonds is 6. The Hall–Kier alpha value is -2.76. The van der Waals surface area contributed by atoms with Gasteiger partial charge in [-0.15, -0.1) is 13.2 Å². The number of halogens is 6. The molecule has 0 aliphatic heterocycles. The van der Waals surface area contributed by atoms with Crippen molar-refractivity contribution in [1.29, 1.82) is 0 Å². The average molecular weight is 481 g/mol. The van der Waals surface area contributed by atoms with Crippen LogP contribution in [0.1, 0.15) is 28.8 Å². The molecule has 0 unspecified atom stereocenters. The Labute approximate surface area is 179 Å². The third-order valence-corrected chi connectivity index (χ3v) is 7.20. The molecule has 1 aliphatic rings. The number of nitrogens with one attached hydrogen (secondary N) is 1. The van der Waals surface area contributed by atoms with Crippen molar-refractivity contribution in [2.45, 2.75) is 35.5 Å². The van der Waals surface area contributed by atoms with E-state index >= 15 is 0 Å². The first-order chi connectivity index (χ1) is 14.8.